The van der Waals surface area contributed by atoms with Gasteiger partial charge in [0.15, 0.2) is 6.10 Å². The molecule has 9 heteroatoms. The SMILES string of the molecule is CCOC1CC(n2cc(NC(=O)C3CC=C(c4cn[nH]c4C)O3)c(-c3ccccn3)n2)C1. The van der Waals surface area contributed by atoms with E-state index in [9.17, 15) is 4.79 Å². The third-order valence-corrected chi connectivity index (χ3v) is 5.92. The van der Waals surface area contributed by atoms with Crippen LogP contribution in [-0.2, 0) is 14.3 Å². The van der Waals surface area contributed by atoms with Crippen molar-refractivity contribution in [1.82, 2.24) is 25.0 Å². The molecule has 3 aromatic rings. The Balaban J connectivity index is 1.32. The van der Waals surface area contributed by atoms with Gasteiger partial charge < -0.3 is 14.8 Å². The lowest BCUT2D eigenvalue weighted by molar-refractivity contribution is -0.123. The van der Waals surface area contributed by atoms with Gasteiger partial charge in [-0.25, -0.2) is 0 Å². The minimum Gasteiger partial charge on any atom is -0.480 e. The molecule has 1 amide bonds. The smallest absolute Gasteiger partial charge is 0.265 e. The average molecular weight is 435 g/mol. The molecule has 5 rings (SSSR count). The number of ether oxygens (including phenoxy) is 2. The fourth-order valence-electron chi connectivity index (χ4n) is 4.10. The number of aryl methyl sites for hydroxylation is 1. The molecule has 0 bridgehead atoms. The molecule has 2 aliphatic rings. The van der Waals surface area contributed by atoms with Gasteiger partial charge in [0.05, 0.1) is 35.3 Å². The molecule has 1 saturated carbocycles. The summed E-state index contributed by atoms with van der Waals surface area (Å²) in [7, 11) is 0. The van der Waals surface area contributed by atoms with Crippen LogP contribution >= 0.6 is 0 Å². The number of aromatic nitrogens is 5. The van der Waals surface area contributed by atoms with Crippen molar-refractivity contribution < 1.29 is 14.3 Å². The van der Waals surface area contributed by atoms with Crippen molar-refractivity contribution in [1.29, 1.82) is 0 Å². The Morgan fingerprint density at radius 2 is 2.25 bits per heavy atom. The second-order valence-electron chi connectivity index (χ2n) is 8.10. The number of carbonyl (C=O) groups is 1. The summed E-state index contributed by atoms with van der Waals surface area (Å²) < 4.78 is 13.5. The van der Waals surface area contributed by atoms with Crippen LogP contribution in [0.1, 0.15) is 43.5 Å². The van der Waals surface area contributed by atoms with Gasteiger partial charge in [-0.15, -0.1) is 0 Å². The molecule has 9 nitrogen and oxygen atoms in total. The number of hydrogen-bond acceptors (Lipinski definition) is 6. The maximum atomic E-state index is 13.0. The first-order valence-corrected chi connectivity index (χ1v) is 10.9. The summed E-state index contributed by atoms with van der Waals surface area (Å²) in [5.41, 5.74) is 3.76. The van der Waals surface area contributed by atoms with Crippen LogP contribution in [0.2, 0.25) is 0 Å². The number of amides is 1. The van der Waals surface area contributed by atoms with Crippen LogP contribution in [0.15, 0.2) is 42.9 Å². The average Bonchev–Trinajstić information content (AvgIpc) is 3.50. The highest BCUT2D eigenvalue weighted by atomic mass is 16.5. The van der Waals surface area contributed by atoms with E-state index in [1.165, 1.54) is 0 Å². The van der Waals surface area contributed by atoms with E-state index in [4.69, 9.17) is 14.6 Å². The van der Waals surface area contributed by atoms with E-state index >= 15 is 0 Å². The number of nitrogens with one attached hydrogen (secondary N) is 2. The highest BCUT2D eigenvalue weighted by molar-refractivity contribution is 5.98. The quantitative estimate of drug-likeness (QED) is 0.590. The van der Waals surface area contributed by atoms with Crippen LogP contribution < -0.4 is 5.32 Å². The Hall–Kier alpha value is -3.46. The van der Waals surface area contributed by atoms with E-state index in [0.29, 0.717) is 35.9 Å². The molecule has 2 N–H and O–H groups in total. The van der Waals surface area contributed by atoms with Crippen molar-refractivity contribution in [2.75, 3.05) is 11.9 Å². The monoisotopic (exact) mass is 434 g/mol. The number of H-pyrrole nitrogens is 1. The van der Waals surface area contributed by atoms with Crippen molar-refractivity contribution in [3.05, 3.63) is 54.1 Å². The predicted octanol–water partition coefficient (Wildman–Crippen LogP) is 3.49. The van der Waals surface area contributed by atoms with E-state index < -0.39 is 6.10 Å². The lowest BCUT2D eigenvalue weighted by Crippen LogP contribution is -2.33. The summed E-state index contributed by atoms with van der Waals surface area (Å²) in [4.78, 5) is 17.5. The number of anilines is 1. The van der Waals surface area contributed by atoms with Crippen LogP contribution in [0.3, 0.4) is 0 Å². The zero-order valence-corrected chi connectivity index (χ0v) is 18.1. The molecule has 1 aliphatic carbocycles. The summed E-state index contributed by atoms with van der Waals surface area (Å²) in [6.45, 7) is 4.64. The van der Waals surface area contributed by atoms with Gasteiger partial charge in [-0.1, -0.05) is 6.07 Å². The first-order chi connectivity index (χ1) is 15.6. The largest absolute Gasteiger partial charge is 0.480 e. The highest BCUT2D eigenvalue weighted by Crippen LogP contribution is 2.37. The molecule has 0 aromatic carbocycles. The molecule has 166 valence electrons. The maximum absolute atomic E-state index is 13.0. The van der Waals surface area contributed by atoms with Gasteiger partial charge in [-0.3, -0.25) is 19.6 Å². The Bertz CT molecular complexity index is 1130. The summed E-state index contributed by atoms with van der Waals surface area (Å²) in [6, 6.07) is 5.90. The summed E-state index contributed by atoms with van der Waals surface area (Å²) in [5, 5.41) is 14.7. The fourth-order valence-corrected chi connectivity index (χ4v) is 4.10. The Morgan fingerprint density at radius 1 is 1.38 bits per heavy atom. The molecule has 1 aliphatic heterocycles. The molecule has 1 atom stereocenters. The first-order valence-electron chi connectivity index (χ1n) is 10.9. The number of hydrogen-bond donors (Lipinski definition) is 2. The molecule has 1 fully saturated rings. The predicted molar refractivity (Wildman–Crippen MR) is 119 cm³/mol. The van der Waals surface area contributed by atoms with Gasteiger partial charge in [0, 0.05) is 31.1 Å². The van der Waals surface area contributed by atoms with Gasteiger partial charge in [-0.05, 0) is 44.9 Å². The van der Waals surface area contributed by atoms with Crippen LogP contribution in [0, 0.1) is 6.92 Å². The second-order valence-corrected chi connectivity index (χ2v) is 8.10. The molecule has 0 radical (unpaired) electrons. The van der Waals surface area contributed by atoms with Crippen molar-refractivity contribution >= 4 is 17.4 Å². The first kappa shape index (κ1) is 20.4. The standard InChI is InChI=1S/C23H26N6O3/c1-3-31-16-10-15(11-16)29-13-19(22(28-29)18-6-4-5-9-24-18)26-23(30)21-8-7-20(32-21)17-12-25-27-14(17)2/h4-7,9,12-13,15-16,21H,3,8,10-11H2,1-2H3,(H,25,27)(H,26,30). The molecule has 1 unspecified atom stereocenters. The molecule has 0 saturated heterocycles. The normalized spacial score (nSPS) is 22.2. The van der Waals surface area contributed by atoms with Gasteiger partial charge in [0.1, 0.15) is 11.5 Å². The number of aromatic amines is 1. The number of nitrogens with zero attached hydrogens (tertiary/aromatic N) is 4. The summed E-state index contributed by atoms with van der Waals surface area (Å²) in [5.74, 6) is 0.461. The number of pyridine rings is 1. The van der Waals surface area contributed by atoms with Crippen molar-refractivity contribution in [2.45, 2.75) is 51.4 Å². The Labute approximate surface area is 185 Å². The molecular weight excluding hydrogens is 408 g/mol. The topological polar surface area (TPSA) is 107 Å². The van der Waals surface area contributed by atoms with Crippen LogP contribution in [0.5, 0.6) is 0 Å². The van der Waals surface area contributed by atoms with Gasteiger partial charge >= 0.3 is 0 Å². The second kappa shape index (κ2) is 8.58. The molecule has 0 spiro atoms. The summed E-state index contributed by atoms with van der Waals surface area (Å²) >= 11 is 0. The summed E-state index contributed by atoms with van der Waals surface area (Å²) in [6.07, 6.45) is 9.22. The number of carbonyl (C=O) groups excluding carboxylic acids is 1. The van der Waals surface area contributed by atoms with E-state index in [1.807, 2.05) is 49.0 Å². The zero-order valence-electron chi connectivity index (χ0n) is 18.1. The minimum absolute atomic E-state index is 0.213. The maximum Gasteiger partial charge on any atom is 0.265 e. The molecular formula is C23H26N6O3. The van der Waals surface area contributed by atoms with E-state index in [1.54, 1.807) is 12.4 Å². The molecule has 3 aromatic heterocycles. The molecule has 32 heavy (non-hydrogen) atoms. The lowest BCUT2D eigenvalue weighted by Gasteiger charge is -2.34. The number of rotatable bonds is 7. The van der Waals surface area contributed by atoms with E-state index in [2.05, 4.69) is 20.5 Å². The van der Waals surface area contributed by atoms with Gasteiger partial charge in [-0.2, -0.15) is 10.2 Å². The highest BCUT2D eigenvalue weighted by Gasteiger charge is 2.33. The minimum atomic E-state index is -0.606. The zero-order chi connectivity index (χ0) is 22.1. The van der Waals surface area contributed by atoms with Crippen molar-refractivity contribution in [3.8, 4) is 11.4 Å². The van der Waals surface area contributed by atoms with Crippen LogP contribution in [0.4, 0.5) is 5.69 Å². The van der Waals surface area contributed by atoms with Gasteiger partial charge in [0.2, 0.25) is 0 Å². The van der Waals surface area contributed by atoms with Crippen LogP contribution in [-0.4, -0.2) is 49.7 Å². The van der Waals surface area contributed by atoms with Gasteiger partial charge in [0.25, 0.3) is 5.91 Å². The fraction of sp³-hybridized carbons (Fsp3) is 0.391. The van der Waals surface area contributed by atoms with Crippen LogP contribution in [0.25, 0.3) is 17.1 Å². The van der Waals surface area contributed by atoms with Crippen molar-refractivity contribution in [2.24, 2.45) is 0 Å². The third-order valence-electron chi connectivity index (χ3n) is 5.92. The third kappa shape index (κ3) is 3.91. The van der Waals surface area contributed by atoms with E-state index in [0.717, 1.165) is 24.1 Å². The Morgan fingerprint density at radius 3 is 2.97 bits per heavy atom. The molecule has 4 heterocycles. The lowest BCUT2D eigenvalue weighted by atomic mass is 9.89. The van der Waals surface area contributed by atoms with Crippen molar-refractivity contribution in [3.63, 3.8) is 0 Å². The van der Waals surface area contributed by atoms with E-state index in [-0.39, 0.29) is 18.1 Å². The Kier molecular flexibility index (Phi) is 5.48.